The van der Waals surface area contributed by atoms with Crippen LogP contribution in [0.4, 0.5) is 0 Å². The maximum absolute atomic E-state index is 5.21. The fourth-order valence-corrected chi connectivity index (χ4v) is 4.85. The van der Waals surface area contributed by atoms with Crippen LogP contribution in [0.5, 0.6) is 11.8 Å². The molecule has 30 heavy (non-hydrogen) atoms. The van der Waals surface area contributed by atoms with Gasteiger partial charge in [-0.2, -0.15) is 0 Å². The fourth-order valence-electron chi connectivity index (χ4n) is 3.85. The molecule has 4 heterocycles. The molecule has 0 spiro atoms. The molecule has 0 aliphatic carbocycles. The summed E-state index contributed by atoms with van der Waals surface area (Å²) in [6.45, 7) is 8.47. The number of hydrogen-bond donors (Lipinski definition) is 2. The smallest absolute Gasteiger partial charge is 0.227 e. The normalized spacial score (nSPS) is 20.6. The van der Waals surface area contributed by atoms with E-state index >= 15 is 0 Å². The third-order valence-corrected chi connectivity index (χ3v) is 6.68. The van der Waals surface area contributed by atoms with Gasteiger partial charge in [0.25, 0.3) is 0 Å². The van der Waals surface area contributed by atoms with Crippen molar-refractivity contribution in [3.05, 3.63) is 43.6 Å². The van der Waals surface area contributed by atoms with Gasteiger partial charge in [0.2, 0.25) is 11.8 Å². The highest BCUT2D eigenvalue weighted by Gasteiger charge is 2.19. The first-order chi connectivity index (χ1) is 14.4. The van der Waals surface area contributed by atoms with Gasteiger partial charge in [0.15, 0.2) is 0 Å². The second-order valence-corrected chi connectivity index (χ2v) is 9.45. The van der Waals surface area contributed by atoms with Crippen LogP contribution in [0, 0.1) is 0 Å². The van der Waals surface area contributed by atoms with E-state index in [1.165, 1.54) is 11.1 Å². The van der Waals surface area contributed by atoms with Crippen LogP contribution in [0.2, 0.25) is 0 Å². The lowest BCUT2D eigenvalue weighted by molar-refractivity contribution is 0.393. The van der Waals surface area contributed by atoms with Gasteiger partial charge in [-0.3, -0.25) is 0 Å². The van der Waals surface area contributed by atoms with Crippen molar-refractivity contribution >= 4 is 31.9 Å². The molecular weight excluding hydrogens is 512 g/mol. The molecule has 0 amide bonds. The van der Waals surface area contributed by atoms with Crippen LogP contribution >= 0.6 is 31.9 Å². The summed E-state index contributed by atoms with van der Waals surface area (Å²) in [6, 6.07) is 4.28. The van der Waals surface area contributed by atoms with E-state index in [2.05, 4.69) is 78.4 Å². The maximum atomic E-state index is 5.21. The van der Waals surface area contributed by atoms with E-state index in [0.717, 1.165) is 59.4 Å². The SMILES string of the molecule is COc1nc2c(cc1Br)[C@@H](C)CNCC2.COc1nc2c(cc1Br)[C@H](C)CNCC2. The number of fused-ring (bicyclic) bond motifs is 2. The van der Waals surface area contributed by atoms with Crippen molar-refractivity contribution < 1.29 is 9.47 Å². The van der Waals surface area contributed by atoms with E-state index in [-0.39, 0.29) is 0 Å². The monoisotopic (exact) mass is 540 g/mol. The van der Waals surface area contributed by atoms with Gasteiger partial charge in [0.1, 0.15) is 0 Å². The second-order valence-electron chi connectivity index (χ2n) is 7.74. The first-order valence-electron chi connectivity index (χ1n) is 10.3. The Morgan fingerprint density at radius 1 is 0.800 bits per heavy atom. The number of aromatic nitrogens is 2. The third-order valence-electron chi connectivity index (χ3n) is 5.54. The minimum atomic E-state index is 0.511. The van der Waals surface area contributed by atoms with E-state index in [4.69, 9.17) is 9.47 Å². The highest BCUT2D eigenvalue weighted by molar-refractivity contribution is 9.10. The van der Waals surface area contributed by atoms with Gasteiger partial charge in [-0.25, -0.2) is 9.97 Å². The predicted molar refractivity (Wildman–Crippen MR) is 127 cm³/mol. The van der Waals surface area contributed by atoms with Gasteiger partial charge in [-0.15, -0.1) is 0 Å². The summed E-state index contributed by atoms with van der Waals surface area (Å²) in [5.74, 6) is 2.39. The fraction of sp³-hybridized carbons (Fsp3) is 0.545. The minimum absolute atomic E-state index is 0.511. The topological polar surface area (TPSA) is 68.3 Å². The van der Waals surface area contributed by atoms with Gasteiger partial charge in [-0.1, -0.05) is 13.8 Å². The molecular formula is C22H30Br2N4O2. The van der Waals surface area contributed by atoms with Crippen LogP contribution in [-0.2, 0) is 12.8 Å². The molecule has 2 atom stereocenters. The number of halogens is 2. The molecule has 0 aromatic carbocycles. The number of pyridine rings is 2. The molecule has 2 aliphatic rings. The average Bonchev–Trinajstić information content (AvgIpc) is 3.03. The summed E-state index contributed by atoms with van der Waals surface area (Å²) in [5, 5.41) is 6.81. The largest absolute Gasteiger partial charge is 0.480 e. The lowest BCUT2D eigenvalue weighted by Gasteiger charge is -2.13. The van der Waals surface area contributed by atoms with Crippen molar-refractivity contribution in [2.24, 2.45) is 0 Å². The Hall–Kier alpha value is -1.22. The molecule has 8 heteroatoms. The molecule has 2 aliphatic heterocycles. The summed E-state index contributed by atoms with van der Waals surface area (Å²) < 4.78 is 12.3. The minimum Gasteiger partial charge on any atom is -0.480 e. The van der Waals surface area contributed by atoms with Crippen molar-refractivity contribution in [2.45, 2.75) is 38.5 Å². The molecule has 0 saturated carbocycles. The molecule has 2 N–H and O–H groups in total. The molecule has 2 aromatic heterocycles. The first kappa shape index (κ1) is 23.4. The summed E-state index contributed by atoms with van der Waals surface area (Å²) in [6.07, 6.45) is 1.95. The zero-order valence-corrected chi connectivity index (χ0v) is 21.2. The number of ether oxygens (including phenoxy) is 2. The lowest BCUT2D eigenvalue weighted by atomic mass is 10.00. The van der Waals surface area contributed by atoms with E-state index in [1.807, 2.05) is 0 Å². The zero-order valence-electron chi connectivity index (χ0n) is 18.0. The van der Waals surface area contributed by atoms with E-state index < -0.39 is 0 Å². The lowest BCUT2D eigenvalue weighted by Crippen LogP contribution is -2.18. The van der Waals surface area contributed by atoms with E-state index in [0.29, 0.717) is 23.6 Å². The summed E-state index contributed by atoms with van der Waals surface area (Å²) in [7, 11) is 3.30. The molecule has 0 saturated heterocycles. The third kappa shape index (κ3) is 5.52. The van der Waals surface area contributed by atoms with E-state index in [9.17, 15) is 0 Å². The van der Waals surface area contributed by atoms with Crippen LogP contribution in [0.1, 0.15) is 48.2 Å². The quantitative estimate of drug-likeness (QED) is 0.593. The molecule has 0 bridgehead atoms. The van der Waals surface area contributed by atoms with Gasteiger partial charge < -0.3 is 20.1 Å². The standard InChI is InChI=1S/2C11H15BrN2O/c2*1-7-6-13-4-3-10-8(7)5-9(12)11(14-10)15-2/h2*5,7,13H,3-4,6H2,1-2H3/t2*7-/m10/s1. The average molecular weight is 542 g/mol. The Morgan fingerprint density at radius 3 is 1.57 bits per heavy atom. The Bertz CT molecular complexity index is 807. The summed E-state index contributed by atoms with van der Waals surface area (Å²) in [5.41, 5.74) is 4.97. The van der Waals surface area contributed by atoms with Crippen LogP contribution < -0.4 is 20.1 Å². The van der Waals surface area contributed by atoms with Gasteiger partial charge in [0, 0.05) is 50.4 Å². The van der Waals surface area contributed by atoms with Crippen molar-refractivity contribution in [3.63, 3.8) is 0 Å². The highest BCUT2D eigenvalue weighted by Crippen LogP contribution is 2.31. The first-order valence-corrected chi connectivity index (χ1v) is 11.9. The van der Waals surface area contributed by atoms with Gasteiger partial charge >= 0.3 is 0 Å². The molecule has 164 valence electrons. The number of methoxy groups -OCH3 is 2. The highest BCUT2D eigenvalue weighted by atomic mass is 79.9. The molecule has 4 rings (SSSR count). The molecule has 0 fully saturated rings. The Kier molecular flexibility index (Phi) is 8.51. The van der Waals surface area contributed by atoms with Crippen LogP contribution in [-0.4, -0.2) is 50.4 Å². The van der Waals surface area contributed by atoms with Gasteiger partial charge in [0.05, 0.1) is 23.2 Å². The Morgan fingerprint density at radius 2 is 1.20 bits per heavy atom. The zero-order chi connectivity index (χ0) is 21.7. The van der Waals surface area contributed by atoms with Crippen LogP contribution in [0.15, 0.2) is 21.1 Å². The maximum Gasteiger partial charge on any atom is 0.227 e. The Balaban J connectivity index is 0.000000171. The van der Waals surface area contributed by atoms with Crippen LogP contribution in [0.25, 0.3) is 0 Å². The van der Waals surface area contributed by atoms with Crippen molar-refractivity contribution in [1.82, 2.24) is 20.6 Å². The number of nitrogens with zero attached hydrogens (tertiary/aromatic N) is 2. The van der Waals surface area contributed by atoms with Crippen LogP contribution in [0.3, 0.4) is 0 Å². The molecule has 6 nitrogen and oxygen atoms in total. The molecule has 0 unspecified atom stereocenters. The molecule has 0 radical (unpaired) electrons. The summed E-state index contributed by atoms with van der Waals surface area (Å²) >= 11 is 6.96. The van der Waals surface area contributed by atoms with Crippen molar-refractivity contribution in [2.75, 3.05) is 40.4 Å². The second kappa shape index (κ2) is 10.9. The Labute approximate surface area is 195 Å². The number of hydrogen-bond acceptors (Lipinski definition) is 6. The predicted octanol–water partition coefficient (Wildman–Crippen LogP) is 4.20. The number of rotatable bonds is 2. The van der Waals surface area contributed by atoms with Crippen molar-refractivity contribution in [3.8, 4) is 11.8 Å². The molecule has 2 aromatic rings. The number of nitrogens with one attached hydrogen (secondary N) is 2. The van der Waals surface area contributed by atoms with Crippen molar-refractivity contribution in [1.29, 1.82) is 0 Å². The van der Waals surface area contributed by atoms with Gasteiger partial charge in [-0.05, 0) is 67.0 Å². The van der Waals surface area contributed by atoms with E-state index in [1.54, 1.807) is 14.2 Å². The summed E-state index contributed by atoms with van der Waals surface area (Å²) in [4.78, 5) is 9.07.